The summed E-state index contributed by atoms with van der Waals surface area (Å²) in [6, 6.07) is 3.03. The Morgan fingerprint density at radius 2 is 1.95 bits per heavy atom. The van der Waals surface area contributed by atoms with Crippen LogP contribution in [0.15, 0.2) is 17.0 Å². The standard InChI is InChI=1S/C13H18N4O4S/c1-7-4-11(22(15,20)21)8(2)3-10(7)17-6-9(5-12(17)18)13(19)16-14/h3-4,9H,5-6,14H2,1-2H3,(H,16,19)(H2,15,20,21). The van der Waals surface area contributed by atoms with E-state index in [0.29, 0.717) is 16.8 Å². The molecular weight excluding hydrogens is 308 g/mol. The summed E-state index contributed by atoms with van der Waals surface area (Å²) in [6.07, 6.45) is 0.0679. The summed E-state index contributed by atoms with van der Waals surface area (Å²) in [4.78, 5) is 25.2. The highest BCUT2D eigenvalue weighted by Crippen LogP contribution is 2.31. The van der Waals surface area contributed by atoms with E-state index in [0.717, 1.165) is 0 Å². The Labute approximate surface area is 128 Å². The number of hydrazine groups is 1. The van der Waals surface area contributed by atoms with E-state index in [1.165, 1.54) is 11.0 Å². The summed E-state index contributed by atoms with van der Waals surface area (Å²) in [5.41, 5.74) is 3.65. The molecule has 5 N–H and O–H groups in total. The zero-order valence-corrected chi connectivity index (χ0v) is 13.1. The number of carbonyl (C=O) groups excluding carboxylic acids is 2. The Morgan fingerprint density at radius 1 is 1.32 bits per heavy atom. The van der Waals surface area contributed by atoms with E-state index in [1.54, 1.807) is 19.9 Å². The van der Waals surface area contributed by atoms with Crippen molar-refractivity contribution in [3.63, 3.8) is 0 Å². The van der Waals surface area contributed by atoms with Crippen molar-refractivity contribution >= 4 is 27.5 Å². The minimum Gasteiger partial charge on any atom is -0.311 e. The summed E-state index contributed by atoms with van der Waals surface area (Å²) in [6.45, 7) is 3.50. The largest absolute Gasteiger partial charge is 0.311 e. The first-order valence-corrected chi connectivity index (χ1v) is 8.14. The van der Waals surface area contributed by atoms with Crippen LogP contribution in [0.2, 0.25) is 0 Å². The summed E-state index contributed by atoms with van der Waals surface area (Å²) in [5, 5.41) is 5.16. The van der Waals surface area contributed by atoms with E-state index >= 15 is 0 Å². The number of nitrogens with one attached hydrogen (secondary N) is 1. The number of hydrogen-bond donors (Lipinski definition) is 3. The molecule has 1 saturated heterocycles. The fraction of sp³-hybridized carbons (Fsp3) is 0.385. The van der Waals surface area contributed by atoms with Gasteiger partial charge >= 0.3 is 0 Å². The third-order valence-corrected chi connectivity index (χ3v) is 4.78. The number of carbonyl (C=O) groups is 2. The maximum Gasteiger partial charge on any atom is 0.239 e. The van der Waals surface area contributed by atoms with Crippen molar-refractivity contribution in [1.82, 2.24) is 5.43 Å². The Bertz CT molecular complexity index is 745. The van der Waals surface area contributed by atoms with Crippen molar-refractivity contribution in [3.8, 4) is 0 Å². The minimum atomic E-state index is -3.82. The van der Waals surface area contributed by atoms with Crippen LogP contribution in [0, 0.1) is 19.8 Å². The van der Waals surface area contributed by atoms with Crippen molar-refractivity contribution in [1.29, 1.82) is 0 Å². The van der Waals surface area contributed by atoms with Crippen LogP contribution in [0.1, 0.15) is 17.5 Å². The van der Waals surface area contributed by atoms with Gasteiger partial charge < -0.3 is 4.90 Å². The molecule has 22 heavy (non-hydrogen) atoms. The highest BCUT2D eigenvalue weighted by atomic mass is 32.2. The number of benzene rings is 1. The fourth-order valence-corrected chi connectivity index (χ4v) is 3.45. The average molecular weight is 326 g/mol. The number of aryl methyl sites for hydroxylation is 2. The molecule has 1 aromatic carbocycles. The van der Waals surface area contributed by atoms with Gasteiger partial charge in [-0.15, -0.1) is 0 Å². The average Bonchev–Trinajstić information content (AvgIpc) is 2.80. The molecule has 2 rings (SSSR count). The highest BCUT2D eigenvalue weighted by Gasteiger charge is 2.35. The first-order valence-electron chi connectivity index (χ1n) is 6.60. The Kier molecular flexibility index (Phi) is 4.23. The smallest absolute Gasteiger partial charge is 0.239 e. The second-order valence-corrected chi connectivity index (χ2v) is 6.89. The lowest BCUT2D eigenvalue weighted by molar-refractivity contribution is -0.126. The summed E-state index contributed by atoms with van der Waals surface area (Å²) in [7, 11) is -3.82. The SMILES string of the molecule is Cc1cc(S(N)(=O)=O)c(C)cc1N1CC(C(=O)NN)CC1=O. The van der Waals surface area contributed by atoms with Crippen LogP contribution < -0.4 is 21.3 Å². The minimum absolute atomic E-state index is 0.0247. The number of nitrogens with two attached hydrogens (primary N) is 2. The van der Waals surface area contributed by atoms with Gasteiger partial charge in [0, 0.05) is 18.7 Å². The molecule has 1 aromatic rings. The normalized spacial score (nSPS) is 18.6. The first-order chi connectivity index (χ1) is 10.1. The second kappa shape index (κ2) is 5.67. The van der Waals surface area contributed by atoms with Gasteiger partial charge in [0.2, 0.25) is 21.8 Å². The van der Waals surface area contributed by atoms with Gasteiger partial charge in [-0.1, -0.05) is 0 Å². The van der Waals surface area contributed by atoms with Gasteiger partial charge in [0.1, 0.15) is 0 Å². The molecule has 0 aliphatic carbocycles. The summed E-state index contributed by atoms with van der Waals surface area (Å²) in [5.74, 6) is 3.97. The molecular formula is C13H18N4O4S. The van der Waals surface area contributed by atoms with Crippen molar-refractivity contribution in [2.45, 2.75) is 25.2 Å². The maximum absolute atomic E-state index is 12.1. The molecule has 1 fully saturated rings. The molecule has 0 bridgehead atoms. The van der Waals surface area contributed by atoms with Crippen molar-refractivity contribution in [3.05, 3.63) is 23.3 Å². The third kappa shape index (κ3) is 2.96. The number of anilines is 1. The molecule has 0 spiro atoms. The Balaban J connectivity index is 2.40. The number of sulfonamides is 1. The highest BCUT2D eigenvalue weighted by molar-refractivity contribution is 7.89. The lowest BCUT2D eigenvalue weighted by Crippen LogP contribution is -2.37. The lowest BCUT2D eigenvalue weighted by atomic mass is 10.1. The van der Waals surface area contributed by atoms with Crippen LogP contribution in [-0.2, 0) is 19.6 Å². The van der Waals surface area contributed by atoms with Crippen LogP contribution in [0.3, 0.4) is 0 Å². The predicted octanol–water partition coefficient (Wildman–Crippen LogP) is -0.706. The summed E-state index contributed by atoms with van der Waals surface area (Å²) >= 11 is 0. The van der Waals surface area contributed by atoms with E-state index < -0.39 is 21.8 Å². The maximum atomic E-state index is 12.1. The molecule has 0 saturated carbocycles. The van der Waals surface area contributed by atoms with Crippen LogP contribution in [0.25, 0.3) is 0 Å². The van der Waals surface area contributed by atoms with E-state index in [2.05, 4.69) is 0 Å². The quantitative estimate of drug-likeness (QED) is 0.383. The van der Waals surface area contributed by atoms with E-state index in [9.17, 15) is 18.0 Å². The van der Waals surface area contributed by atoms with Crippen molar-refractivity contribution in [2.24, 2.45) is 16.9 Å². The van der Waals surface area contributed by atoms with Gasteiger partial charge in [-0.3, -0.25) is 15.0 Å². The van der Waals surface area contributed by atoms with E-state index in [-0.39, 0.29) is 23.8 Å². The van der Waals surface area contributed by atoms with Crippen LogP contribution in [-0.4, -0.2) is 26.8 Å². The molecule has 120 valence electrons. The molecule has 1 atom stereocenters. The lowest BCUT2D eigenvalue weighted by Gasteiger charge is -2.20. The fourth-order valence-electron chi connectivity index (χ4n) is 2.61. The molecule has 1 aliphatic heterocycles. The van der Waals surface area contributed by atoms with Crippen LogP contribution in [0.5, 0.6) is 0 Å². The number of rotatable bonds is 3. The zero-order chi connectivity index (χ0) is 16.7. The Morgan fingerprint density at radius 3 is 2.50 bits per heavy atom. The van der Waals surface area contributed by atoms with Gasteiger partial charge in [0.25, 0.3) is 0 Å². The molecule has 1 aliphatic rings. The Hall–Kier alpha value is -1.97. The second-order valence-electron chi connectivity index (χ2n) is 5.36. The molecule has 9 heteroatoms. The molecule has 2 amide bonds. The van der Waals surface area contributed by atoms with E-state index in [4.69, 9.17) is 11.0 Å². The zero-order valence-electron chi connectivity index (χ0n) is 12.3. The molecule has 1 unspecified atom stereocenters. The number of amides is 2. The number of nitrogens with zero attached hydrogens (tertiary/aromatic N) is 1. The van der Waals surface area contributed by atoms with Gasteiger partial charge in [-0.2, -0.15) is 0 Å². The third-order valence-electron chi connectivity index (χ3n) is 3.73. The van der Waals surface area contributed by atoms with Gasteiger partial charge in [-0.25, -0.2) is 19.4 Å². The molecule has 1 heterocycles. The van der Waals surface area contributed by atoms with Crippen molar-refractivity contribution in [2.75, 3.05) is 11.4 Å². The van der Waals surface area contributed by atoms with E-state index in [1.807, 2.05) is 5.43 Å². The van der Waals surface area contributed by atoms with Crippen molar-refractivity contribution < 1.29 is 18.0 Å². The van der Waals surface area contributed by atoms with Crippen LogP contribution >= 0.6 is 0 Å². The monoisotopic (exact) mass is 326 g/mol. The van der Waals surface area contributed by atoms with Gasteiger partial charge in [0.15, 0.2) is 0 Å². The molecule has 0 aromatic heterocycles. The van der Waals surface area contributed by atoms with Gasteiger partial charge in [-0.05, 0) is 37.1 Å². The first kappa shape index (κ1) is 16.4. The topological polar surface area (TPSA) is 136 Å². The molecule has 8 nitrogen and oxygen atoms in total. The predicted molar refractivity (Wildman–Crippen MR) is 80.1 cm³/mol. The molecule has 0 radical (unpaired) electrons. The summed E-state index contributed by atoms with van der Waals surface area (Å²) < 4.78 is 23.0. The van der Waals surface area contributed by atoms with Gasteiger partial charge in [0.05, 0.1) is 10.8 Å². The number of hydrogen-bond acceptors (Lipinski definition) is 5. The van der Waals surface area contributed by atoms with Crippen LogP contribution in [0.4, 0.5) is 5.69 Å². The number of primary sulfonamides is 1.